The van der Waals surface area contributed by atoms with E-state index in [9.17, 15) is 9.59 Å². The number of benzene rings is 1. The van der Waals surface area contributed by atoms with E-state index in [1.54, 1.807) is 0 Å². The first-order chi connectivity index (χ1) is 14.1. The van der Waals surface area contributed by atoms with Crippen molar-refractivity contribution in [1.82, 2.24) is 15.5 Å². The highest BCUT2D eigenvalue weighted by Gasteiger charge is 2.15. The summed E-state index contributed by atoms with van der Waals surface area (Å²) in [4.78, 5) is 29.7. The first-order valence-electron chi connectivity index (χ1n) is 10.7. The van der Waals surface area contributed by atoms with Crippen molar-refractivity contribution in [2.45, 2.75) is 52.4 Å². The highest BCUT2D eigenvalue weighted by atomic mass is 127. The van der Waals surface area contributed by atoms with E-state index in [2.05, 4.69) is 20.9 Å². The largest absolute Gasteiger partial charge is 0.357 e. The summed E-state index contributed by atoms with van der Waals surface area (Å²) < 4.78 is 0. The van der Waals surface area contributed by atoms with E-state index < -0.39 is 0 Å². The molecule has 1 fully saturated rings. The number of amides is 2. The van der Waals surface area contributed by atoms with Gasteiger partial charge in [0, 0.05) is 51.8 Å². The Balaban J connectivity index is 0.00000450. The number of anilines is 1. The third kappa shape index (κ3) is 10.3. The fourth-order valence-corrected chi connectivity index (χ4v) is 3.35. The van der Waals surface area contributed by atoms with Crippen LogP contribution in [0.3, 0.4) is 0 Å². The molecule has 168 valence electrons. The Hall–Kier alpha value is -1.84. The lowest BCUT2D eigenvalue weighted by atomic mass is 10.1. The third-order valence-electron chi connectivity index (χ3n) is 4.85. The molecular formula is C22H36IN5O2. The highest BCUT2D eigenvalue weighted by molar-refractivity contribution is 14.0. The monoisotopic (exact) mass is 529 g/mol. The van der Waals surface area contributed by atoms with Gasteiger partial charge in [0.1, 0.15) is 0 Å². The molecular weight excluding hydrogens is 493 g/mol. The zero-order chi connectivity index (χ0) is 20.9. The standard InChI is InChI=1S/C22H35N5O2.HI/c1-3-23-22(24-14-7-17-27-16-6-4-5-8-21(27)29)25-15-13-19-9-11-20(12-10-19)26-18(2)28;/h9-12H,3-8,13-17H2,1-2H3,(H,26,28)(H2,23,24,25);1H. The van der Waals surface area contributed by atoms with Crippen molar-refractivity contribution in [3.63, 3.8) is 0 Å². The predicted octanol–water partition coefficient (Wildman–Crippen LogP) is 3.15. The molecule has 30 heavy (non-hydrogen) atoms. The molecule has 0 spiro atoms. The number of guanidine groups is 1. The number of likely N-dealkylation sites (tertiary alicyclic amines) is 1. The van der Waals surface area contributed by atoms with Crippen LogP contribution in [0.4, 0.5) is 5.69 Å². The zero-order valence-corrected chi connectivity index (χ0v) is 20.5. The van der Waals surface area contributed by atoms with Crippen LogP contribution < -0.4 is 16.0 Å². The molecule has 0 aromatic heterocycles. The second-order valence-corrected chi connectivity index (χ2v) is 7.36. The fraction of sp³-hybridized carbons (Fsp3) is 0.591. The Kier molecular flexibility index (Phi) is 13.1. The number of hydrogen-bond donors (Lipinski definition) is 3. The number of carbonyl (C=O) groups is 2. The summed E-state index contributed by atoms with van der Waals surface area (Å²) in [5, 5.41) is 9.40. The van der Waals surface area contributed by atoms with Gasteiger partial charge in [0.25, 0.3) is 0 Å². The van der Waals surface area contributed by atoms with Gasteiger partial charge in [0.2, 0.25) is 11.8 Å². The smallest absolute Gasteiger partial charge is 0.222 e. The molecule has 1 aliphatic heterocycles. The molecule has 1 aromatic rings. The quantitative estimate of drug-likeness (QED) is 0.199. The molecule has 0 bridgehead atoms. The van der Waals surface area contributed by atoms with Crippen molar-refractivity contribution < 1.29 is 9.59 Å². The normalized spacial score (nSPS) is 14.5. The average molecular weight is 529 g/mol. The summed E-state index contributed by atoms with van der Waals surface area (Å²) in [5.41, 5.74) is 2.01. The van der Waals surface area contributed by atoms with Crippen LogP contribution in [0, 0.1) is 0 Å². The molecule has 0 unspecified atom stereocenters. The van der Waals surface area contributed by atoms with Gasteiger partial charge >= 0.3 is 0 Å². The van der Waals surface area contributed by atoms with Crippen molar-refractivity contribution in [1.29, 1.82) is 0 Å². The number of halogens is 1. The number of aliphatic imine (C=N–C) groups is 1. The topological polar surface area (TPSA) is 85.8 Å². The molecule has 0 radical (unpaired) electrons. The van der Waals surface area contributed by atoms with E-state index in [0.717, 1.165) is 69.9 Å². The van der Waals surface area contributed by atoms with E-state index in [1.807, 2.05) is 36.1 Å². The van der Waals surface area contributed by atoms with Crippen molar-refractivity contribution in [3.05, 3.63) is 29.8 Å². The number of carbonyl (C=O) groups excluding carboxylic acids is 2. The van der Waals surface area contributed by atoms with Crippen molar-refractivity contribution in [2.24, 2.45) is 4.99 Å². The number of rotatable bonds is 9. The van der Waals surface area contributed by atoms with Crippen LogP contribution in [0.25, 0.3) is 0 Å². The summed E-state index contributed by atoms with van der Waals surface area (Å²) in [7, 11) is 0. The summed E-state index contributed by atoms with van der Waals surface area (Å²) >= 11 is 0. The lowest BCUT2D eigenvalue weighted by molar-refractivity contribution is -0.130. The third-order valence-corrected chi connectivity index (χ3v) is 4.85. The molecule has 0 saturated carbocycles. The Labute approximate surface area is 197 Å². The Morgan fingerprint density at radius 3 is 2.60 bits per heavy atom. The van der Waals surface area contributed by atoms with Crippen LogP contribution in [0.1, 0.15) is 51.5 Å². The molecule has 1 aliphatic rings. The van der Waals surface area contributed by atoms with E-state index in [4.69, 9.17) is 0 Å². The van der Waals surface area contributed by atoms with Crippen LogP contribution in [-0.4, -0.2) is 55.4 Å². The zero-order valence-electron chi connectivity index (χ0n) is 18.2. The van der Waals surface area contributed by atoms with Crippen molar-refractivity contribution in [3.8, 4) is 0 Å². The van der Waals surface area contributed by atoms with Crippen molar-refractivity contribution >= 4 is 47.4 Å². The van der Waals surface area contributed by atoms with Crippen molar-refractivity contribution in [2.75, 3.05) is 38.0 Å². The molecule has 0 atom stereocenters. The van der Waals surface area contributed by atoms with Crippen LogP contribution in [0.15, 0.2) is 29.3 Å². The molecule has 1 aromatic carbocycles. The Morgan fingerprint density at radius 1 is 1.13 bits per heavy atom. The summed E-state index contributed by atoms with van der Waals surface area (Å²) in [5.74, 6) is 1.04. The predicted molar refractivity (Wildman–Crippen MR) is 134 cm³/mol. The first kappa shape index (κ1) is 26.2. The van der Waals surface area contributed by atoms with Gasteiger partial charge in [0.15, 0.2) is 5.96 Å². The molecule has 1 heterocycles. The second-order valence-electron chi connectivity index (χ2n) is 7.36. The van der Waals surface area contributed by atoms with Gasteiger partial charge in [-0.05, 0) is 50.3 Å². The van der Waals surface area contributed by atoms with Crippen LogP contribution in [-0.2, 0) is 16.0 Å². The molecule has 0 aliphatic carbocycles. The average Bonchev–Trinajstić information content (AvgIpc) is 2.90. The SMILES string of the molecule is CCNC(=NCCCN1CCCCCC1=O)NCCc1ccc(NC(C)=O)cc1.I. The number of nitrogens with one attached hydrogen (secondary N) is 3. The minimum Gasteiger partial charge on any atom is -0.357 e. The van der Waals surface area contributed by atoms with Crippen LogP contribution in [0.2, 0.25) is 0 Å². The van der Waals surface area contributed by atoms with Gasteiger partial charge in [-0.2, -0.15) is 0 Å². The van der Waals surface area contributed by atoms with Crippen LogP contribution >= 0.6 is 24.0 Å². The van der Waals surface area contributed by atoms with E-state index >= 15 is 0 Å². The Bertz CT molecular complexity index is 679. The van der Waals surface area contributed by atoms with Crippen LogP contribution in [0.5, 0.6) is 0 Å². The maximum absolute atomic E-state index is 12.0. The molecule has 7 nitrogen and oxygen atoms in total. The molecule has 1 saturated heterocycles. The maximum Gasteiger partial charge on any atom is 0.222 e. The molecule has 3 N–H and O–H groups in total. The fourth-order valence-electron chi connectivity index (χ4n) is 3.35. The summed E-state index contributed by atoms with van der Waals surface area (Å²) in [6.45, 7) is 7.52. The maximum atomic E-state index is 12.0. The number of nitrogens with zero attached hydrogens (tertiary/aromatic N) is 2. The van der Waals surface area contributed by atoms with E-state index in [-0.39, 0.29) is 29.9 Å². The minimum absolute atomic E-state index is 0. The summed E-state index contributed by atoms with van der Waals surface area (Å²) in [6, 6.07) is 7.88. The van der Waals surface area contributed by atoms with E-state index in [0.29, 0.717) is 18.9 Å². The first-order valence-corrected chi connectivity index (χ1v) is 10.7. The van der Waals surface area contributed by atoms with Gasteiger partial charge in [-0.15, -0.1) is 24.0 Å². The minimum atomic E-state index is -0.0638. The van der Waals surface area contributed by atoms with Gasteiger partial charge in [-0.3, -0.25) is 14.6 Å². The lowest BCUT2D eigenvalue weighted by Gasteiger charge is -2.20. The highest BCUT2D eigenvalue weighted by Crippen LogP contribution is 2.11. The van der Waals surface area contributed by atoms with Gasteiger partial charge in [0.05, 0.1) is 0 Å². The molecule has 2 amide bonds. The Morgan fingerprint density at radius 2 is 1.90 bits per heavy atom. The second kappa shape index (κ2) is 15.0. The molecule has 8 heteroatoms. The van der Waals surface area contributed by atoms with Gasteiger partial charge in [-0.1, -0.05) is 18.6 Å². The number of hydrogen-bond acceptors (Lipinski definition) is 3. The van der Waals surface area contributed by atoms with Gasteiger partial charge < -0.3 is 20.9 Å². The molecule has 2 rings (SSSR count). The summed E-state index contributed by atoms with van der Waals surface area (Å²) in [6.07, 6.45) is 5.74. The van der Waals surface area contributed by atoms with Gasteiger partial charge in [-0.25, -0.2) is 0 Å². The van der Waals surface area contributed by atoms with E-state index in [1.165, 1.54) is 12.5 Å². The lowest BCUT2D eigenvalue weighted by Crippen LogP contribution is -2.38.